The zero-order chi connectivity index (χ0) is 23.3. The Morgan fingerprint density at radius 3 is 2.50 bits per heavy atom. The SMILES string of the molecule is CC1CCC(C(=O)N2CC[C@]3(c4ccccc4)CCc4nnc(C(=O)NC5CC5)n4C[C@H]23)CC1. The second kappa shape index (κ2) is 8.51. The molecule has 1 aromatic heterocycles. The Balaban J connectivity index is 1.35. The molecular formula is C27H35N5O2. The number of aromatic nitrogens is 3. The van der Waals surface area contributed by atoms with E-state index in [-0.39, 0.29) is 29.3 Å². The van der Waals surface area contributed by atoms with Gasteiger partial charge < -0.3 is 14.8 Å². The van der Waals surface area contributed by atoms with Gasteiger partial charge in [-0.2, -0.15) is 0 Å². The smallest absolute Gasteiger partial charge is 0.289 e. The molecule has 2 atom stereocenters. The third-order valence-electron chi connectivity index (χ3n) is 8.90. The van der Waals surface area contributed by atoms with Crippen molar-refractivity contribution in [3.8, 4) is 0 Å². The van der Waals surface area contributed by atoms with Crippen molar-refractivity contribution in [1.82, 2.24) is 25.0 Å². The number of carbonyl (C=O) groups is 2. The molecule has 0 unspecified atom stereocenters. The molecule has 7 heteroatoms. The van der Waals surface area contributed by atoms with E-state index in [4.69, 9.17) is 0 Å². The van der Waals surface area contributed by atoms with Gasteiger partial charge in [-0.1, -0.05) is 37.3 Å². The highest BCUT2D eigenvalue weighted by atomic mass is 16.2. The highest BCUT2D eigenvalue weighted by Crippen LogP contribution is 2.47. The van der Waals surface area contributed by atoms with E-state index >= 15 is 0 Å². The van der Waals surface area contributed by atoms with Crippen molar-refractivity contribution in [2.24, 2.45) is 11.8 Å². The van der Waals surface area contributed by atoms with Gasteiger partial charge in [-0.15, -0.1) is 10.2 Å². The molecule has 4 aliphatic rings. The fourth-order valence-corrected chi connectivity index (χ4v) is 6.63. The summed E-state index contributed by atoms with van der Waals surface area (Å²) in [5.41, 5.74) is 1.18. The molecule has 2 amide bonds. The fourth-order valence-electron chi connectivity index (χ4n) is 6.63. The lowest BCUT2D eigenvalue weighted by molar-refractivity contribution is -0.138. The number of nitrogens with zero attached hydrogens (tertiary/aromatic N) is 4. The number of hydrogen-bond donors (Lipinski definition) is 1. The fraction of sp³-hybridized carbons (Fsp3) is 0.630. The Bertz CT molecular complexity index is 1070. The molecule has 3 heterocycles. The first-order valence-electron chi connectivity index (χ1n) is 13.1. The minimum atomic E-state index is -0.134. The maximum atomic E-state index is 13.9. The minimum Gasteiger partial charge on any atom is -0.347 e. The second-order valence-electron chi connectivity index (χ2n) is 11.1. The maximum Gasteiger partial charge on any atom is 0.289 e. The van der Waals surface area contributed by atoms with Crippen LogP contribution in [0.2, 0.25) is 0 Å². The summed E-state index contributed by atoms with van der Waals surface area (Å²) in [6.07, 6.45) is 8.97. The van der Waals surface area contributed by atoms with Gasteiger partial charge in [0.25, 0.3) is 5.91 Å². The first kappa shape index (κ1) is 21.8. The largest absolute Gasteiger partial charge is 0.347 e. The van der Waals surface area contributed by atoms with E-state index in [0.29, 0.717) is 18.3 Å². The number of amides is 2. The lowest BCUT2D eigenvalue weighted by atomic mass is 9.71. The van der Waals surface area contributed by atoms with Crippen molar-refractivity contribution in [3.63, 3.8) is 0 Å². The molecule has 0 bridgehead atoms. The van der Waals surface area contributed by atoms with Gasteiger partial charge in [0.05, 0.1) is 6.04 Å². The lowest BCUT2D eigenvalue weighted by Crippen LogP contribution is -2.49. The number of aryl methyl sites for hydroxylation is 1. The third kappa shape index (κ3) is 3.73. The topological polar surface area (TPSA) is 80.1 Å². The van der Waals surface area contributed by atoms with Gasteiger partial charge in [0.2, 0.25) is 11.7 Å². The van der Waals surface area contributed by atoms with Crippen LogP contribution in [0.5, 0.6) is 0 Å². The molecule has 3 fully saturated rings. The summed E-state index contributed by atoms with van der Waals surface area (Å²) in [7, 11) is 0. The Morgan fingerprint density at radius 2 is 1.76 bits per heavy atom. The molecule has 2 saturated carbocycles. The third-order valence-corrected chi connectivity index (χ3v) is 8.90. The molecule has 2 aliphatic heterocycles. The highest BCUT2D eigenvalue weighted by molar-refractivity contribution is 5.91. The van der Waals surface area contributed by atoms with Crippen LogP contribution in [0.1, 0.15) is 80.3 Å². The van der Waals surface area contributed by atoms with Crippen LogP contribution in [0, 0.1) is 11.8 Å². The molecule has 1 aromatic carbocycles. The van der Waals surface area contributed by atoms with Crippen LogP contribution in [-0.4, -0.2) is 50.1 Å². The quantitative estimate of drug-likeness (QED) is 0.756. The van der Waals surface area contributed by atoms with Crippen molar-refractivity contribution in [2.75, 3.05) is 6.54 Å². The average molecular weight is 462 g/mol. The predicted octanol–water partition coefficient (Wildman–Crippen LogP) is 3.48. The van der Waals surface area contributed by atoms with Crippen LogP contribution in [0.25, 0.3) is 0 Å². The number of likely N-dealkylation sites (tertiary alicyclic amines) is 1. The summed E-state index contributed by atoms with van der Waals surface area (Å²) in [5.74, 6) is 2.29. The Kier molecular flexibility index (Phi) is 5.46. The van der Waals surface area contributed by atoms with Gasteiger partial charge in [0.1, 0.15) is 5.82 Å². The number of fused-ring (bicyclic) bond motifs is 2. The summed E-state index contributed by atoms with van der Waals surface area (Å²) in [4.78, 5) is 29.0. The van der Waals surface area contributed by atoms with Crippen molar-refractivity contribution < 1.29 is 9.59 Å². The Hall–Kier alpha value is -2.70. The van der Waals surface area contributed by atoms with Gasteiger partial charge in [0.15, 0.2) is 0 Å². The molecule has 2 aromatic rings. The van der Waals surface area contributed by atoms with Gasteiger partial charge in [0, 0.05) is 36.9 Å². The van der Waals surface area contributed by atoms with E-state index in [9.17, 15) is 9.59 Å². The number of benzene rings is 1. The molecule has 2 aliphatic carbocycles. The van der Waals surface area contributed by atoms with Crippen LogP contribution in [0.4, 0.5) is 0 Å². The van der Waals surface area contributed by atoms with Crippen molar-refractivity contribution >= 4 is 11.8 Å². The standard InChI is InChI=1S/C27H35N5O2/c1-18-7-9-19(10-8-18)26(34)31-16-15-27(20-5-3-2-4-6-20)14-13-23-29-30-24(32(23)17-22(27)31)25(33)28-21-11-12-21/h2-6,18-19,21-22H,7-17H2,1H3,(H,28,33)/t18?,19?,22-,27-/m0/s1. The number of nitrogens with one attached hydrogen (secondary N) is 1. The molecule has 1 saturated heterocycles. The van der Waals surface area contributed by atoms with E-state index in [1.165, 1.54) is 5.56 Å². The number of carbonyl (C=O) groups excluding carboxylic acids is 2. The normalized spacial score (nSPS) is 30.9. The second-order valence-corrected chi connectivity index (χ2v) is 11.1. The summed E-state index contributed by atoms with van der Waals surface area (Å²) in [6, 6.07) is 11.0. The van der Waals surface area contributed by atoms with Crippen molar-refractivity contribution in [2.45, 2.75) is 88.8 Å². The van der Waals surface area contributed by atoms with Crippen molar-refractivity contribution in [1.29, 1.82) is 0 Å². The van der Waals surface area contributed by atoms with Crippen molar-refractivity contribution in [3.05, 3.63) is 47.5 Å². The predicted molar refractivity (Wildman–Crippen MR) is 128 cm³/mol. The van der Waals surface area contributed by atoms with Crippen LogP contribution < -0.4 is 5.32 Å². The minimum absolute atomic E-state index is 0.00600. The molecular weight excluding hydrogens is 426 g/mol. The molecule has 0 radical (unpaired) electrons. The van der Waals surface area contributed by atoms with E-state index in [0.717, 1.165) is 76.1 Å². The Labute approximate surface area is 201 Å². The summed E-state index contributed by atoms with van der Waals surface area (Å²) >= 11 is 0. The molecule has 7 nitrogen and oxygen atoms in total. The molecule has 6 rings (SSSR count). The molecule has 180 valence electrons. The summed E-state index contributed by atoms with van der Waals surface area (Å²) < 4.78 is 2.02. The van der Waals surface area contributed by atoms with Crippen LogP contribution >= 0.6 is 0 Å². The summed E-state index contributed by atoms with van der Waals surface area (Å²) in [6.45, 7) is 3.66. The zero-order valence-electron chi connectivity index (χ0n) is 20.1. The van der Waals surface area contributed by atoms with Crippen LogP contribution in [0.15, 0.2) is 30.3 Å². The molecule has 1 N–H and O–H groups in total. The lowest BCUT2D eigenvalue weighted by Gasteiger charge is -2.39. The van der Waals surface area contributed by atoms with E-state index in [1.54, 1.807) is 0 Å². The van der Waals surface area contributed by atoms with E-state index < -0.39 is 0 Å². The van der Waals surface area contributed by atoms with E-state index in [2.05, 4.69) is 57.7 Å². The zero-order valence-corrected chi connectivity index (χ0v) is 20.1. The van der Waals surface area contributed by atoms with Crippen LogP contribution in [-0.2, 0) is 23.2 Å². The van der Waals surface area contributed by atoms with E-state index in [1.807, 2.05) is 4.57 Å². The Morgan fingerprint density at radius 1 is 1.00 bits per heavy atom. The molecule has 34 heavy (non-hydrogen) atoms. The monoisotopic (exact) mass is 461 g/mol. The first-order valence-corrected chi connectivity index (χ1v) is 13.1. The van der Waals surface area contributed by atoms with Gasteiger partial charge in [-0.25, -0.2) is 0 Å². The van der Waals surface area contributed by atoms with Gasteiger partial charge >= 0.3 is 0 Å². The van der Waals surface area contributed by atoms with Gasteiger partial charge in [-0.05, 0) is 62.8 Å². The first-order chi connectivity index (χ1) is 16.5. The maximum absolute atomic E-state index is 13.9. The number of hydrogen-bond acceptors (Lipinski definition) is 4. The average Bonchev–Trinajstić information content (AvgIpc) is 3.51. The molecule has 0 spiro atoms. The number of rotatable bonds is 4. The van der Waals surface area contributed by atoms with Crippen LogP contribution in [0.3, 0.4) is 0 Å². The van der Waals surface area contributed by atoms with Gasteiger partial charge in [-0.3, -0.25) is 9.59 Å². The highest BCUT2D eigenvalue weighted by Gasteiger charge is 2.52. The summed E-state index contributed by atoms with van der Waals surface area (Å²) in [5, 5.41) is 11.8.